The molecule has 0 saturated carbocycles. The first-order valence-electron chi connectivity index (χ1n) is 19.7. The second-order valence-corrected chi connectivity index (χ2v) is 14.9. The Bertz CT molecular complexity index is 2760. The number of aliphatic hydroxyl groups excluding tert-OH is 1. The lowest BCUT2D eigenvalue weighted by molar-refractivity contribution is -0.142. The van der Waals surface area contributed by atoms with E-state index in [1.165, 1.54) is 12.3 Å². The number of likely N-dealkylation sites (tertiary alicyclic amines) is 1. The standard InChI is InChI=1S/C46H41F2N5O7/c1-26-32(9-5-11-34(26)43-51-36-17-30(8-3-4-15-54)39(19-41(36)58-43)57-25-29-16-28(21-49)22-50-23-29)33-10-6-12-35(27(33)2)44-52-37-18-31(24-53-14-7-13-38(53)45(55)56)40(60-46(47)48)20-42(37)59-44/h5-6,9-12,16-20,22-23,38,46,54H,3-4,7-8,13-15,24-25H2,1-2H3,(H,55,56)/t38-/m0/s1. The van der Waals surface area contributed by atoms with Crippen LogP contribution in [0.1, 0.15) is 59.1 Å². The molecule has 0 bridgehead atoms. The Morgan fingerprint density at radius 1 is 0.900 bits per heavy atom. The Balaban J connectivity index is 1.11. The second-order valence-electron chi connectivity index (χ2n) is 14.9. The Labute approximate surface area is 343 Å². The van der Waals surface area contributed by atoms with Gasteiger partial charge in [0.1, 0.15) is 41.3 Å². The highest BCUT2D eigenvalue weighted by Crippen LogP contribution is 2.40. The van der Waals surface area contributed by atoms with Crippen LogP contribution in [0.5, 0.6) is 11.5 Å². The number of carboxylic acids is 1. The minimum atomic E-state index is -3.08. The summed E-state index contributed by atoms with van der Waals surface area (Å²) in [6, 6.07) is 21.7. The van der Waals surface area contributed by atoms with Crippen LogP contribution in [-0.4, -0.2) is 61.8 Å². The van der Waals surface area contributed by atoms with Gasteiger partial charge in [0, 0.05) is 59.9 Å². The summed E-state index contributed by atoms with van der Waals surface area (Å²) in [6.07, 6.45) is 6.38. The number of rotatable bonds is 15. The number of fused-ring (bicyclic) bond motifs is 2. The number of hydrogen-bond donors (Lipinski definition) is 2. The highest BCUT2D eigenvalue weighted by atomic mass is 19.3. The number of aliphatic hydroxyl groups is 1. The number of ether oxygens (including phenoxy) is 2. The largest absolute Gasteiger partial charge is 0.488 e. The number of aromatic nitrogens is 3. The highest BCUT2D eigenvalue weighted by Gasteiger charge is 2.31. The Hall–Kier alpha value is -6.69. The summed E-state index contributed by atoms with van der Waals surface area (Å²) in [6.45, 7) is 1.81. The molecule has 0 aliphatic carbocycles. The number of halogens is 2. The monoisotopic (exact) mass is 813 g/mol. The first-order chi connectivity index (χ1) is 29.1. The SMILES string of the molecule is Cc1c(-c2nc3cc(CCCCO)c(OCc4cncc(C#N)c4)cc3o2)cccc1-c1cccc(-c2nc3cc(CN4CCC[C@H]4C(=O)O)c(OC(F)F)cc3o2)c1C. The first kappa shape index (κ1) is 40.1. The molecule has 14 heteroatoms. The number of aliphatic carboxylic acids is 1. The molecule has 1 atom stereocenters. The molecule has 12 nitrogen and oxygen atoms in total. The lowest BCUT2D eigenvalue weighted by Crippen LogP contribution is -2.35. The van der Waals surface area contributed by atoms with Crippen LogP contribution in [-0.2, 0) is 24.4 Å². The molecule has 306 valence electrons. The maximum Gasteiger partial charge on any atom is 0.387 e. The number of benzene rings is 4. The Morgan fingerprint density at radius 2 is 1.53 bits per heavy atom. The van der Waals surface area contributed by atoms with Crippen molar-refractivity contribution in [3.8, 4) is 51.6 Å². The fourth-order valence-electron chi connectivity index (χ4n) is 7.93. The number of carbonyl (C=O) groups is 1. The van der Waals surface area contributed by atoms with Crippen LogP contribution in [0.4, 0.5) is 8.78 Å². The molecule has 1 aliphatic rings. The van der Waals surface area contributed by atoms with Gasteiger partial charge in [-0.15, -0.1) is 0 Å². The van der Waals surface area contributed by atoms with Gasteiger partial charge in [-0.25, -0.2) is 9.97 Å². The minimum Gasteiger partial charge on any atom is -0.488 e. The zero-order chi connectivity index (χ0) is 41.9. The molecule has 3 aromatic heterocycles. The maximum absolute atomic E-state index is 13.6. The van der Waals surface area contributed by atoms with Crippen LogP contribution in [0, 0.1) is 25.2 Å². The average Bonchev–Trinajstić information content (AvgIpc) is 3.99. The van der Waals surface area contributed by atoms with E-state index < -0.39 is 18.6 Å². The smallest absolute Gasteiger partial charge is 0.387 e. The van der Waals surface area contributed by atoms with Crippen molar-refractivity contribution in [1.29, 1.82) is 5.26 Å². The van der Waals surface area contributed by atoms with Crippen molar-refractivity contribution in [2.45, 2.75) is 71.8 Å². The van der Waals surface area contributed by atoms with Gasteiger partial charge in [0.05, 0.1) is 5.56 Å². The van der Waals surface area contributed by atoms with Crippen molar-refractivity contribution in [3.05, 3.63) is 113 Å². The molecule has 4 heterocycles. The maximum atomic E-state index is 13.6. The predicted molar refractivity (Wildman–Crippen MR) is 218 cm³/mol. The van der Waals surface area contributed by atoms with E-state index in [1.54, 1.807) is 23.2 Å². The lowest BCUT2D eigenvalue weighted by atomic mass is 9.91. The molecule has 60 heavy (non-hydrogen) atoms. The molecule has 8 rings (SSSR count). The van der Waals surface area contributed by atoms with E-state index in [-0.39, 0.29) is 31.1 Å². The van der Waals surface area contributed by atoms with E-state index in [1.807, 2.05) is 62.4 Å². The van der Waals surface area contributed by atoms with Crippen molar-refractivity contribution < 1.29 is 42.1 Å². The topological polar surface area (TPSA) is 168 Å². The van der Waals surface area contributed by atoms with Gasteiger partial charge in [-0.1, -0.05) is 24.3 Å². The van der Waals surface area contributed by atoms with E-state index in [9.17, 15) is 29.1 Å². The number of nitriles is 1. The zero-order valence-corrected chi connectivity index (χ0v) is 33.0. The Morgan fingerprint density at radius 3 is 2.15 bits per heavy atom. The predicted octanol–water partition coefficient (Wildman–Crippen LogP) is 9.40. The van der Waals surface area contributed by atoms with Gasteiger partial charge in [0.2, 0.25) is 11.8 Å². The second kappa shape index (κ2) is 17.3. The Kier molecular flexibility index (Phi) is 11.5. The third kappa shape index (κ3) is 8.27. The van der Waals surface area contributed by atoms with Gasteiger partial charge in [-0.05, 0) is 111 Å². The molecule has 2 N–H and O–H groups in total. The summed E-state index contributed by atoms with van der Waals surface area (Å²) < 4.78 is 50.8. The number of hydrogen-bond acceptors (Lipinski definition) is 11. The van der Waals surface area contributed by atoms with E-state index in [4.69, 9.17) is 28.3 Å². The average molecular weight is 814 g/mol. The third-order valence-electron chi connectivity index (χ3n) is 11.0. The van der Waals surface area contributed by atoms with E-state index >= 15 is 0 Å². The minimum absolute atomic E-state index is 0.0868. The summed E-state index contributed by atoms with van der Waals surface area (Å²) in [4.78, 5) is 27.4. The fraction of sp³-hybridized carbons (Fsp3) is 0.283. The molecule has 0 unspecified atom stereocenters. The van der Waals surface area contributed by atoms with Gasteiger partial charge in [-0.3, -0.25) is 14.7 Å². The van der Waals surface area contributed by atoms with Crippen LogP contribution in [0.3, 0.4) is 0 Å². The summed E-state index contributed by atoms with van der Waals surface area (Å²) in [5, 5.41) is 28.4. The molecule has 4 aromatic carbocycles. The number of unbranched alkanes of at least 4 members (excludes halogenated alkanes) is 1. The zero-order valence-electron chi connectivity index (χ0n) is 33.0. The summed E-state index contributed by atoms with van der Waals surface area (Å²) >= 11 is 0. The molecular weight excluding hydrogens is 773 g/mol. The number of aryl methyl sites for hydroxylation is 1. The highest BCUT2D eigenvalue weighted by molar-refractivity contribution is 5.85. The number of oxazole rings is 2. The first-order valence-corrected chi connectivity index (χ1v) is 19.7. The molecule has 1 fully saturated rings. The van der Waals surface area contributed by atoms with Gasteiger partial charge in [0.25, 0.3) is 0 Å². The summed E-state index contributed by atoms with van der Waals surface area (Å²) in [7, 11) is 0. The number of carboxylic acid groups (broad SMARTS) is 1. The number of alkyl halides is 2. The van der Waals surface area contributed by atoms with Crippen LogP contribution in [0.25, 0.3) is 56.2 Å². The molecule has 7 aromatic rings. The summed E-state index contributed by atoms with van der Waals surface area (Å²) in [5.74, 6) is 0.310. The van der Waals surface area contributed by atoms with Crippen LogP contribution < -0.4 is 9.47 Å². The van der Waals surface area contributed by atoms with Crippen molar-refractivity contribution >= 4 is 28.2 Å². The molecular formula is C46H41F2N5O7. The number of pyridine rings is 1. The lowest BCUT2D eigenvalue weighted by Gasteiger charge is -2.22. The van der Waals surface area contributed by atoms with Gasteiger partial charge in [-0.2, -0.15) is 14.0 Å². The van der Waals surface area contributed by atoms with Gasteiger partial charge in [0.15, 0.2) is 11.2 Å². The van der Waals surface area contributed by atoms with E-state index in [0.29, 0.717) is 83.1 Å². The summed E-state index contributed by atoms with van der Waals surface area (Å²) in [5.41, 5.74) is 9.55. The fourth-order valence-corrected chi connectivity index (χ4v) is 7.93. The van der Waals surface area contributed by atoms with Gasteiger partial charge < -0.3 is 28.5 Å². The van der Waals surface area contributed by atoms with Crippen LogP contribution >= 0.6 is 0 Å². The molecule has 0 amide bonds. The van der Waals surface area contributed by atoms with Crippen molar-refractivity contribution in [2.75, 3.05) is 13.2 Å². The molecule has 0 radical (unpaired) electrons. The van der Waals surface area contributed by atoms with E-state index in [0.717, 1.165) is 45.4 Å². The van der Waals surface area contributed by atoms with Crippen LogP contribution in [0.2, 0.25) is 0 Å². The molecule has 1 aliphatic heterocycles. The number of nitrogens with zero attached hydrogens (tertiary/aromatic N) is 5. The molecule has 1 saturated heterocycles. The van der Waals surface area contributed by atoms with Crippen molar-refractivity contribution in [1.82, 2.24) is 19.9 Å². The van der Waals surface area contributed by atoms with Crippen molar-refractivity contribution in [3.63, 3.8) is 0 Å². The quantitative estimate of drug-likeness (QED) is 0.0943. The van der Waals surface area contributed by atoms with Crippen molar-refractivity contribution in [2.24, 2.45) is 0 Å². The third-order valence-corrected chi connectivity index (χ3v) is 11.0. The normalized spacial score (nSPS) is 14.3. The van der Waals surface area contributed by atoms with E-state index in [2.05, 4.69) is 11.1 Å². The van der Waals surface area contributed by atoms with Crippen LogP contribution in [0.15, 0.2) is 88.0 Å². The van der Waals surface area contributed by atoms with Gasteiger partial charge >= 0.3 is 12.6 Å². The molecule has 0 spiro atoms.